The average Bonchev–Trinajstić information content (AvgIpc) is 2.75. The summed E-state index contributed by atoms with van der Waals surface area (Å²) >= 11 is 5.85. The number of hydrogen-bond donors (Lipinski definition) is 1. The van der Waals surface area contributed by atoms with Crippen LogP contribution in [-0.4, -0.2) is 27.6 Å². The van der Waals surface area contributed by atoms with Crippen LogP contribution in [0.25, 0.3) is 0 Å². The van der Waals surface area contributed by atoms with Crippen molar-refractivity contribution < 1.29 is 14.3 Å². The van der Waals surface area contributed by atoms with Gasteiger partial charge in [0.25, 0.3) is 0 Å². The number of halogens is 1. The highest BCUT2D eigenvalue weighted by atomic mass is 35.5. The van der Waals surface area contributed by atoms with Gasteiger partial charge in [0.2, 0.25) is 5.91 Å². The van der Waals surface area contributed by atoms with E-state index in [0.29, 0.717) is 16.3 Å². The van der Waals surface area contributed by atoms with Crippen LogP contribution in [0.1, 0.15) is 22.8 Å². The molecule has 8 nitrogen and oxygen atoms in total. The van der Waals surface area contributed by atoms with Crippen molar-refractivity contribution in [3.8, 4) is 0 Å². The molecule has 1 amide bonds. The second-order valence-corrected chi connectivity index (χ2v) is 7.07. The fraction of sp³-hybridized carbons (Fsp3) is 0.182. The zero-order valence-corrected chi connectivity index (χ0v) is 17.5. The molecule has 3 rings (SSSR count). The van der Waals surface area contributed by atoms with Crippen molar-refractivity contribution in [3.63, 3.8) is 0 Å². The van der Waals surface area contributed by atoms with E-state index in [2.05, 4.69) is 5.32 Å². The number of aromatic nitrogens is 2. The van der Waals surface area contributed by atoms with Gasteiger partial charge in [0.05, 0.1) is 18.7 Å². The van der Waals surface area contributed by atoms with Crippen LogP contribution in [-0.2, 0) is 22.6 Å². The Hall–Kier alpha value is -3.65. The molecule has 3 aromatic rings. The monoisotopic (exact) mass is 441 g/mol. The summed E-state index contributed by atoms with van der Waals surface area (Å²) in [4.78, 5) is 48.7. The molecule has 9 heteroatoms. The molecule has 0 aliphatic rings. The van der Waals surface area contributed by atoms with Crippen LogP contribution < -0.4 is 16.4 Å². The molecule has 0 radical (unpaired) electrons. The number of rotatable bonds is 7. The fourth-order valence-corrected chi connectivity index (χ4v) is 2.96. The summed E-state index contributed by atoms with van der Waals surface area (Å²) in [7, 11) is 0. The Balaban J connectivity index is 1.67. The number of hydrogen-bond acceptors (Lipinski definition) is 5. The van der Waals surface area contributed by atoms with E-state index in [4.69, 9.17) is 16.3 Å². The lowest BCUT2D eigenvalue weighted by Crippen LogP contribution is -2.42. The van der Waals surface area contributed by atoms with Gasteiger partial charge in [-0.05, 0) is 48.9 Å². The smallest absolute Gasteiger partial charge is 0.338 e. The molecular weight excluding hydrogens is 422 g/mol. The van der Waals surface area contributed by atoms with Crippen molar-refractivity contribution in [3.05, 3.63) is 97.8 Å². The van der Waals surface area contributed by atoms with Crippen molar-refractivity contribution in [2.24, 2.45) is 0 Å². The van der Waals surface area contributed by atoms with Gasteiger partial charge in [-0.1, -0.05) is 23.7 Å². The average molecular weight is 442 g/mol. The first-order chi connectivity index (χ1) is 14.9. The molecule has 0 bridgehead atoms. The number of carbonyl (C=O) groups excluding carboxylic acids is 2. The zero-order chi connectivity index (χ0) is 22.4. The van der Waals surface area contributed by atoms with Crippen LogP contribution in [0.2, 0.25) is 5.02 Å². The van der Waals surface area contributed by atoms with Crippen molar-refractivity contribution in [1.29, 1.82) is 0 Å². The first kappa shape index (κ1) is 22.0. The van der Waals surface area contributed by atoms with E-state index in [1.807, 2.05) is 0 Å². The van der Waals surface area contributed by atoms with Gasteiger partial charge in [-0.2, -0.15) is 0 Å². The summed E-state index contributed by atoms with van der Waals surface area (Å²) in [6.45, 7) is 1.87. The van der Waals surface area contributed by atoms with Gasteiger partial charge in [0.1, 0.15) is 6.54 Å². The molecule has 0 aliphatic heterocycles. The maximum atomic E-state index is 12.4. The third-order valence-electron chi connectivity index (χ3n) is 4.39. The molecule has 0 saturated heterocycles. The van der Waals surface area contributed by atoms with Crippen LogP contribution in [0, 0.1) is 0 Å². The van der Waals surface area contributed by atoms with Crippen molar-refractivity contribution in [2.75, 3.05) is 11.9 Å². The van der Waals surface area contributed by atoms with Gasteiger partial charge in [-0.25, -0.2) is 4.79 Å². The summed E-state index contributed by atoms with van der Waals surface area (Å²) < 4.78 is 7.22. The molecule has 160 valence electrons. The molecule has 0 aliphatic carbocycles. The predicted octanol–water partition coefficient (Wildman–Crippen LogP) is 2.53. The summed E-state index contributed by atoms with van der Waals surface area (Å²) in [5.41, 5.74) is 0.0866. The molecule has 0 unspecified atom stereocenters. The van der Waals surface area contributed by atoms with E-state index in [9.17, 15) is 19.2 Å². The van der Waals surface area contributed by atoms with E-state index < -0.39 is 23.0 Å². The molecular formula is C22H20ClN3O5. The number of ether oxygens (including phenoxy) is 1. The maximum absolute atomic E-state index is 12.4. The van der Waals surface area contributed by atoms with E-state index in [0.717, 1.165) is 10.1 Å². The van der Waals surface area contributed by atoms with E-state index in [1.54, 1.807) is 43.3 Å². The number of carbonyl (C=O) groups is 2. The van der Waals surface area contributed by atoms with E-state index in [-0.39, 0.29) is 19.7 Å². The highest BCUT2D eigenvalue weighted by Gasteiger charge is 2.11. The third-order valence-corrected chi connectivity index (χ3v) is 4.64. The van der Waals surface area contributed by atoms with Crippen LogP contribution in [0.5, 0.6) is 0 Å². The number of nitrogens with zero attached hydrogens (tertiary/aromatic N) is 2. The van der Waals surface area contributed by atoms with E-state index >= 15 is 0 Å². The third kappa shape index (κ3) is 5.70. The minimum Gasteiger partial charge on any atom is -0.462 e. The standard InChI is InChI=1S/C22H20ClN3O5/c1-2-31-22(30)16-5-9-18(10-6-16)24-19(27)14-26-12-11-25(20(28)21(26)29)13-15-3-7-17(23)8-4-15/h3-12H,2,13-14H2,1H3,(H,24,27). The Bertz CT molecular complexity index is 1200. The number of anilines is 1. The van der Waals surface area contributed by atoms with Crippen molar-refractivity contribution in [1.82, 2.24) is 9.13 Å². The topological polar surface area (TPSA) is 99.4 Å². The summed E-state index contributed by atoms with van der Waals surface area (Å²) in [6, 6.07) is 13.1. The van der Waals surface area contributed by atoms with Gasteiger partial charge in [0, 0.05) is 23.1 Å². The molecule has 1 aromatic heterocycles. The molecule has 1 N–H and O–H groups in total. The van der Waals surface area contributed by atoms with Crippen LogP contribution in [0.3, 0.4) is 0 Å². The minimum absolute atomic E-state index is 0.213. The van der Waals surface area contributed by atoms with Crippen molar-refractivity contribution in [2.45, 2.75) is 20.0 Å². The Morgan fingerprint density at radius 1 is 0.935 bits per heavy atom. The second kappa shape index (κ2) is 9.90. The lowest BCUT2D eigenvalue weighted by molar-refractivity contribution is -0.116. The molecule has 0 saturated carbocycles. The number of benzene rings is 2. The molecule has 2 aromatic carbocycles. The number of esters is 1. The second-order valence-electron chi connectivity index (χ2n) is 6.64. The lowest BCUT2D eigenvalue weighted by Gasteiger charge is -2.10. The first-order valence-corrected chi connectivity index (χ1v) is 9.86. The van der Waals surface area contributed by atoms with E-state index in [1.165, 1.54) is 29.1 Å². The number of nitrogens with one attached hydrogen (secondary N) is 1. The Labute approximate surface area is 182 Å². The Kier molecular flexibility index (Phi) is 7.04. The quantitative estimate of drug-likeness (QED) is 0.448. The Morgan fingerprint density at radius 3 is 2.19 bits per heavy atom. The highest BCUT2D eigenvalue weighted by Crippen LogP contribution is 2.11. The van der Waals surface area contributed by atoms with Crippen molar-refractivity contribution >= 4 is 29.2 Å². The molecule has 0 fully saturated rings. The maximum Gasteiger partial charge on any atom is 0.338 e. The van der Waals surface area contributed by atoms with Gasteiger partial charge in [-0.15, -0.1) is 0 Å². The van der Waals surface area contributed by atoms with Gasteiger partial charge < -0.3 is 14.6 Å². The summed E-state index contributed by atoms with van der Waals surface area (Å²) in [5, 5.41) is 3.20. The first-order valence-electron chi connectivity index (χ1n) is 9.48. The normalized spacial score (nSPS) is 10.5. The van der Waals surface area contributed by atoms with Crippen LogP contribution >= 0.6 is 11.6 Å². The fourth-order valence-electron chi connectivity index (χ4n) is 2.84. The molecule has 1 heterocycles. The Morgan fingerprint density at radius 2 is 1.55 bits per heavy atom. The SMILES string of the molecule is CCOC(=O)c1ccc(NC(=O)Cn2ccn(Cc3ccc(Cl)cc3)c(=O)c2=O)cc1. The lowest BCUT2D eigenvalue weighted by atomic mass is 10.2. The zero-order valence-electron chi connectivity index (χ0n) is 16.7. The van der Waals surface area contributed by atoms with Gasteiger partial charge >= 0.3 is 17.1 Å². The largest absolute Gasteiger partial charge is 0.462 e. The van der Waals surface area contributed by atoms with Gasteiger partial charge in [0.15, 0.2) is 0 Å². The molecule has 31 heavy (non-hydrogen) atoms. The summed E-state index contributed by atoms with van der Waals surface area (Å²) in [6.07, 6.45) is 2.85. The van der Waals surface area contributed by atoms with Gasteiger partial charge in [-0.3, -0.25) is 19.0 Å². The van der Waals surface area contributed by atoms with Crippen LogP contribution in [0.15, 0.2) is 70.5 Å². The molecule has 0 spiro atoms. The van der Waals surface area contributed by atoms with Crippen LogP contribution in [0.4, 0.5) is 5.69 Å². The molecule has 0 atom stereocenters. The predicted molar refractivity (Wildman–Crippen MR) is 117 cm³/mol. The minimum atomic E-state index is -0.802. The number of amides is 1. The highest BCUT2D eigenvalue weighted by molar-refractivity contribution is 6.30. The summed E-state index contributed by atoms with van der Waals surface area (Å²) in [5.74, 6) is -0.938.